The maximum absolute atomic E-state index is 13.4. The van der Waals surface area contributed by atoms with Crippen LogP contribution >= 0.6 is 0 Å². The van der Waals surface area contributed by atoms with Gasteiger partial charge < -0.3 is 10.6 Å². The van der Waals surface area contributed by atoms with Crippen molar-refractivity contribution in [2.24, 2.45) is 5.92 Å². The summed E-state index contributed by atoms with van der Waals surface area (Å²) in [4.78, 5) is 37.2. The van der Waals surface area contributed by atoms with Crippen molar-refractivity contribution in [3.05, 3.63) is 106 Å². The Bertz CT molecular complexity index is 1090. The van der Waals surface area contributed by atoms with Crippen LogP contribution in [0, 0.1) is 23.0 Å². The molecule has 2 amide bonds. The largest absolute Gasteiger partial charge is 0.343 e. The number of nitro benzene ring substituents is 1. The van der Waals surface area contributed by atoms with E-state index in [4.69, 9.17) is 0 Å². The molecule has 2 N–H and O–H groups in total. The molecule has 0 saturated carbocycles. The van der Waals surface area contributed by atoms with Gasteiger partial charge in [0.1, 0.15) is 6.04 Å². The molecule has 0 fully saturated rings. The summed E-state index contributed by atoms with van der Waals surface area (Å²) in [5, 5.41) is 16.8. The van der Waals surface area contributed by atoms with Crippen LogP contribution in [0.5, 0.6) is 0 Å². The molecule has 0 radical (unpaired) electrons. The third-order valence-corrected chi connectivity index (χ3v) is 5.46. The predicted octanol–water partition coefficient (Wildman–Crippen LogP) is 4.81. The van der Waals surface area contributed by atoms with Gasteiger partial charge in [0.15, 0.2) is 0 Å². The van der Waals surface area contributed by atoms with Gasteiger partial charge in [-0.05, 0) is 29.5 Å². The van der Waals surface area contributed by atoms with Crippen molar-refractivity contribution in [2.75, 3.05) is 5.32 Å². The number of nitro groups is 1. The maximum atomic E-state index is 13.4. The monoisotopic (exact) mass is 445 g/mol. The number of rotatable bonds is 8. The Morgan fingerprint density at radius 3 is 1.88 bits per heavy atom. The van der Waals surface area contributed by atoms with Gasteiger partial charge in [0.2, 0.25) is 11.8 Å². The molecule has 7 heteroatoms. The van der Waals surface area contributed by atoms with Crippen LogP contribution in [0.2, 0.25) is 0 Å². The van der Waals surface area contributed by atoms with Gasteiger partial charge in [-0.15, -0.1) is 0 Å². The first-order chi connectivity index (χ1) is 15.8. The second-order valence-electron chi connectivity index (χ2n) is 8.23. The van der Waals surface area contributed by atoms with Gasteiger partial charge in [-0.2, -0.15) is 0 Å². The van der Waals surface area contributed by atoms with Crippen LogP contribution in [-0.4, -0.2) is 22.8 Å². The summed E-state index contributed by atoms with van der Waals surface area (Å²) in [6.07, 6.45) is 0. The lowest BCUT2D eigenvalue weighted by atomic mass is 9.89. The first kappa shape index (κ1) is 23.7. The van der Waals surface area contributed by atoms with E-state index < -0.39 is 22.8 Å². The van der Waals surface area contributed by atoms with E-state index in [1.807, 2.05) is 74.5 Å². The van der Waals surface area contributed by atoms with E-state index in [-0.39, 0.29) is 17.5 Å². The van der Waals surface area contributed by atoms with Gasteiger partial charge in [-0.3, -0.25) is 19.7 Å². The van der Waals surface area contributed by atoms with Crippen LogP contribution in [0.25, 0.3) is 0 Å². The van der Waals surface area contributed by atoms with Crippen molar-refractivity contribution >= 4 is 23.2 Å². The van der Waals surface area contributed by atoms with Gasteiger partial charge in [0, 0.05) is 12.1 Å². The molecule has 3 aromatic rings. The summed E-state index contributed by atoms with van der Waals surface area (Å²) in [7, 11) is 0. The number of carbonyl (C=O) groups excluding carboxylic acids is 2. The normalized spacial score (nSPS) is 11.8. The molecule has 3 aromatic carbocycles. The molecular weight excluding hydrogens is 418 g/mol. The predicted molar refractivity (Wildman–Crippen MR) is 128 cm³/mol. The summed E-state index contributed by atoms with van der Waals surface area (Å²) in [6.45, 7) is 5.43. The van der Waals surface area contributed by atoms with Gasteiger partial charge in [0.05, 0.1) is 16.5 Å². The van der Waals surface area contributed by atoms with Gasteiger partial charge in [-0.25, -0.2) is 0 Å². The van der Waals surface area contributed by atoms with Crippen molar-refractivity contribution in [1.82, 2.24) is 5.32 Å². The Morgan fingerprint density at radius 1 is 0.848 bits per heavy atom. The molecule has 0 unspecified atom stereocenters. The van der Waals surface area contributed by atoms with Crippen LogP contribution < -0.4 is 10.6 Å². The highest BCUT2D eigenvalue weighted by atomic mass is 16.6. The number of aryl methyl sites for hydroxylation is 1. The molecule has 7 nitrogen and oxygen atoms in total. The number of non-ortho nitro benzene ring substituents is 1. The standard InChI is InChI=1S/C26H27N3O4/c1-17(2)24(26(31)27-22-16-21(29(32)33)15-14-18(22)3)28-25(30)23(19-10-6-4-7-11-19)20-12-8-5-9-13-20/h4-17,23-24H,1-3H3,(H,27,31)(H,28,30)/t24-/m1/s1. The minimum atomic E-state index is -0.828. The number of anilines is 1. The van der Waals surface area contributed by atoms with Crippen LogP contribution in [0.3, 0.4) is 0 Å². The number of nitrogens with zero attached hydrogens (tertiary/aromatic N) is 1. The summed E-state index contributed by atoms with van der Waals surface area (Å²) in [5.41, 5.74) is 2.55. The van der Waals surface area contributed by atoms with E-state index in [2.05, 4.69) is 10.6 Å². The molecule has 1 atom stereocenters. The van der Waals surface area contributed by atoms with Crippen molar-refractivity contribution < 1.29 is 14.5 Å². The first-order valence-electron chi connectivity index (χ1n) is 10.7. The molecule has 0 aromatic heterocycles. The van der Waals surface area contributed by atoms with Crippen LogP contribution in [0.1, 0.15) is 36.5 Å². The molecule has 0 spiro atoms. The van der Waals surface area contributed by atoms with E-state index in [0.29, 0.717) is 11.3 Å². The van der Waals surface area contributed by atoms with Gasteiger partial charge >= 0.3 is 0 Å². The highest BCUT2D eigenvalue weighted by Crippen LogP contribution is 2.26. The molecule has 0 heterocycles. The van der Waals surface area contributed by atoms with Crippen molar-refractivity contribution in [1.29, 1.82) is 0 Å². The Morgan fingerprint density at radius 2 is 1.39 bits per heavy atom. The van der Waals surface area contributed by atoms with Gasteiger partial charge in [-0.1, -0.05) is 80.6 Å². The second kappa shape index (κ2) is 10.5. The van der Waals surface area contributed by atoms with Crippen molar-refractivity contribution in [2.45, 2.75) is 32.7 Å². The van der Waals surface area contributed by atoms with E-state index >= 15 is 0 Å². The minimum absolute atomic E-state index is 0.116. The van der Waals surface area contributed by atoms with E-state index in [1.54, 1.807) is 13.0 Å². The van der Waals surface area contributed by atoms with E-state index in [9.17, 15) is 19.7 Å². The number of carbonyl (C=O) groups is 2. The lowest BCUT2D eigenvalue weighted by Crippen LogP contribution is -2.48. The van der Waals surface area contributed by atoms with E-state index in [0.717, 1.165) is 11.1 Å². The number of nitrogens with one attached hydrogen (secondary N) is 2. The van der Waals surface area contributed by atoms with Crippen molar-refractivity contribution in [3.63, 3.8) is 0 Å². The Kier molecular flexibility index (Phi) is 7.56. The summed E-state index contributed by atoms with van der Waals surface area (Å²) >= 11 is 0. The zero-order valence-electron chi connectivity index (χ0n) is 18.8. The highest BCUT2D eigenvalue weighted by molar-refractivity contribution is 5.99. The Balaban J connectivity index is 1.86. The zero-order chi connectivity index (χ0) is 24.0. The number of amides is 2. The molecule has 0 aliphatic heterocycles. The maximum Gasteiger partial charge on any atom is 0.271 e. The molecular formula is C26H27N3O4. The Labute approximate surface area is 193 Å². The fraction of sp³-hybridized carbons (Fsp3) is 0.231. The molecule has 0 bridgehead atoms. The number of hydrogen-bond acceptors (Lipinski definition) is 4. The third-order valence-electron chi connectivity index (χ3n) is 5.46. The van der Waals surface area contributed by atoms with Crippen molar-refractivity contribution in [3.8, 4) is 0 Å². The molecule has 33 heavy (non-hydrogen) atoms. The topological polar surface area (TPSA) is 101 Å². The zero-order valence-corrected chi connectivity index (χ0v) is 18.8. The summed E-state index contributed by atoms with van der Waals surface area (Å²) in [5.74, 6) is -1.51. The minimum Gasteiger partial charge on any atom is -0.343 e. The molecule has 170 valence electrons. The lowest BCUT2D eigenvalue weighted by molar-refractivity contribution is -0.384. The summed E-state index contributed by atoms with van der Waals surface area (Å²) in [6, 6.07) is 22.2. The molecule has 3 rings (SSSR count). The first-order valence-corrected chi connectivity index (χ1v) is 10.7. The quantitative estimate of drug-likeness (QED) is 0.384. The SMILES string of the molecule is Cc1ccc([N+](=O)[O-])cc1NC(=O)[C@H](NC(=O)C(c1ccccc1)c1ccccc1)C(C)C. The van der Waals surface area contributed by atoms with Gasteiger partial charge in [0.25, 0.3) is 5.69 Å². The fourth-order valence-corrected chi connectivity index (χ4v) is 3.63. The summed E-state index contributed by atoms with van der Waals surface area (Å²) < 4.78 is 0. The smallest absolute Gasteiger partial charge is 0.271 e. The van der Waals surface area contributed by atoms with Crippen LogP contribution in [0.15, 0.2) is 78.9 Å². The number of benzene rings is 3. The molecule has 0 aliphatic rings. The fourth-order valence-electron chi connectivity index (χ4n) is 3.63. The molecule has 0 aliphatic carbocycles. The second-order valence-corrected chi connectivity index (χ2v) is 8.23. The lowest BCUT2D eigenvalue weighted by Gasteiger charge is -2.25. The van der Waals surface area contributed by atoms with E-state index in [1.165, 1.54) is 12.1 Å². The number of hydrogen-bond donors (Lipinski definition) is 2. The average molecular weight is 446 g/mol. The third kappa shape index (κ3) is 5.83. The Hall–Kier alpha value is -4.00. The average Bonchev–Trinajstić information content (AvgIpc) is 2.80. The van der Waals surface area contributed by atoms with Crippen LogP contribution in [0.4, 0.5) is 11.4 Å². The molecule has 0 saturated heterocycles. The van der Waals surface area contributed by atoms with Crippen LogP contribution in [-0.2, 0) is 9.59 Å². The highest BCUT2D eigenvalue weighted by Gasteiger charge is 2.30.